The molecule has 100 valence electrons. The number of thiophene rings is 1. The van der Waals surface area contributed by atoms with Crippen molar-refractivity contribution >= 4 is 40.2 Å². The van der Waals surface area contributed by atoms with Crippen LogP contribution in [0.25, 0.3) is 0 Å². The molecule has 0 aliphatic carbocycles. The molecule has 0 atom stereocenters. The molecule has 7 heteroatoms. The normalized spacial score (nSPS) is 20.1. The molecule has 0 N–H and O–H groups in total. The SMILES string of the molecule is Cc1csc(C(=O)N2CC(N3C(=O)CSC3=O)C2)c1. The number of hydrogen-bond donors (Lipinski definition) is 0. The maximum absolute atomic E-state index is 12.1. The number of likely N-dealkylation sites (tertiary alicyclic amines) is 1. The van der Waals surface area contributed by atoms with Gasteiger partial charge in [0.1, 0.15) is 0 Å². The zero-order valence-electron chi connectivity index (χ0n) is 10.3. The first-order chi connectivity index (χ1) is 9.06. The van der Waals surface area contributed by atoms with Gasteiger partial charge in [0.15, 0.2) is 0 Å². The summed E-state index contributed by atoms with van der Waals surface area (Å²) < 4.78 is 0. The number of amides is 3. The van der Waals surface area contributed by atoms with Crippen LogP contribution in [-0.4, -0.2) is 51.7 Å². The van der Waals surface area contributed by atoms with E-state index in [0.717, 1.165) is 17.3 Å². The van der Waals surface area contributed by atoms with Gasteiger partial charge in [-0.25, -0.2) is 0 Å². The molecule has 3 heterocycles. The van der Waals surface area contributed by atoms with Crippen molar-refractivity contribution in [3.63, 3.8) is 0 Å². The predicted molar refractivity (Wildman–Crippen MR) is 73.4 cm³/mol. The van der Waals surface area contributed by atoms with Crippen LogP contribution in [0.1, 0.15) is 15.2 Å². The van der Waals surface area contributed by atoms with Gasteiger partial charge in [-0.3, -0.25) is 19.3 Å². The van der Waals surface area contributed by atoms with Gasteiger partial charge in [-0.15, -0.1) is 11.3 Å². The van der Waals surface area contributed by atoms with Crippen LogP contribution < -0.4 is 0 Å². The predicted octanol–water partition coefficient (Wildman–Crippen LogP) is 1.58. The zero-order chi connectivity index (χ0) is 13.6. The average Bonchev–Trinajstić information content (AvgIpc) is 2.87. The Hall–Kier alpha value is -1.34. The van der Waals surface area contributed by atoms with Gasteiger partial charge in [-0.05, 0) is 23.9 Å². The van der Waals surface area contributed by atoms with Gasteiger partial charge in [0.05, 0.1) is 16.7 Å². The molecule has 1 aromatic rings. The first-order valence-corrected chi connectivity index (χ1v) is 7.76. The summed E-state index contributed by atoms with van der Waals surface area (Å²) in [6.45, 7) is 2.85. The number of imide groups is 1. The fourth-order valence-corrected chi connectivity index (χ4v) is 3.84. The molecule has 2 fully saturated rings. The molecule has 2 aliphatic heterocycles. The van der Waals surface area contributed by atoms with Crippen molar-refractivity contribution in [1.29, 1.82) is 0 Å². The number of hydrogen-bond acceptors (Lipinski definition) is 5. The lowest BCUT2D eigenvalue weighted by Gasteiger charge is -2.42. The Labute approximate surface area is 118 Å². The molecule has 0 saturated carbocycles. The van der Waals surface area contributed by atoms with Crippen LogP contribution in [0, 0.1) is 6.92 Å². The average molecular weight is 296 g/mol. The molecule has 19 heavy (non-hydrogen) atoms. The van der Waals surface area contributed by atoms with Crippen LogP contribution >= 0.6 is 23.1 Å². The Morgan fingerprint density at radius 2 is 2.11 bits per heavy atom. The molecule has 5 nitrogen and oxygen atoms in total. The fraction of sp³-hybridized carbons (Fsp3) is 0.417. The number of carbonyl (C=O) groups excluding carboxylic acids is 3. The summed E-state index contributed by atoms with van der Waals surface area (Å²) in [4.78, 5) is 38.9. The number of carbonyl (C=O) groups is 3. The van der Waals surface area contributed by atoms with Crippen molar-refractivity contribution in [3.8, 4) is 0 Å². The van der Waals surface area contributed by atoms with Crippen LogP contribution in [-0.2, 0) is 4.79 Å². The molecule has 0 radical (unpaired) electrons. The van der Waals surface area contributed by atoms with Crippen molar-refractivity contribution in [3.05, 3.63) is 21.9 Å². The van der Waals surface area contributed by atoms with E-state index < -0.39 is 0 Å². The highest BCUT2D eigenvalue weighted by Gasteiger charge is 2.43. The topological polar surface area (TPSA) is 57.7 Å². The number of thioether (sulfide) groups is 1. The largest absolute Gasteiger partial charge is 0.334 e. The quantitative estimate of drug-likeness (QED) is 0.831. The Balaban J connectivity index is 1.62. The lowest BCUT2D eigenvalue weighted by molar-refractivity contribution is -0.128. The number of rotatable bonds is 2. The van der Waals surface area contributed by atoms with E-state index >= 15 is 0 Å². The minimum atomic E-state index is -0.186. The zero-order valence-corrected chi connectivity index (χ0v) is 11.9. The van der Waals surface area contributed by atoms with E-state index in [-0.39, 0.29) is 28.8 Å². The number of aryl methyl sites for hydroxylation is 1. The highest BCUT2D eigenvalue weighted by Crippen LogP contribution is 2.27. The summed E-state index contributed by atoms with van der Waals surface area (Å²) in [5.41, 5.74) is 1.08. The summed E-state index contributed by atoms with van der Waals surface area (Å²) in [5.74, 6) is 0.0769. The second-order valence-corrected chi connectivity index (χ2v) is 6.51. The third-order valence-corrected chi connectivity index (χ3v) is 5.11. The summed E-state index contributed by atoms with van der Waals surface area (Å²) in [6, 6.07) is 1.72. The van der Waals surface area contributed by atoms with E-state index in [1.165, 1.54) is 16.2 Å². The van der Waals surface area contributed by atoms with Crippen LogP contribution in [0.2, 0.25) is 0 Å². The summed E-state index contributed by atoms with van der Waals surface area (Å²) in [7, 11) is 0. The standard InChI is InChI=1S/C12H12N2O3S2/c1-7-2-9(18-5-7)11(16)13-3-8(4-13)14-10(15)6-19-12(14)17/h2,5,8H,3-4,6H2,1H3. The monoisotopic (exact) mass is 296 g/mol. The van der Waals surface area contributed by atoms with Crippen molar-refractivity contribution in [2.75, 3.05) is 18.8 Å². The first kappa shape index (κ1) is 12.7. The molecule has 2 aliphatic rings. The van der Waals surface area contributed by atoms with Gasteiger partial charge in [0.2, 0.25) is 5.91 Å². The van der Waals surface area contributed by atoms with E-state index in [0.29, 0.717) is 18.0 Å². The van der Waals surface area contributed by atoms with Gasteiger partial charge in [-0.1, -0.05) is 11.8 Å². The molecule has 3 amide bonds. The lowest BCUT2D eigenvalue weighted by Crippen LogP contribution is -2.62. The lowest BCUT2D eigenvalue weighted by atomic mass is 10.1. The summed E-state index contributed by atoms with van der Waals surface area (Å²) >= 11 is 2.46. The van der Waals surface area contributed by atoms with E-state index in [2.05, 4.69) is 0 Å². The minimum absolute atomic E-state index is 0.0129. The number of nitrogens with zero attached hydrogens (tertiary/aromatic N) is 2. The van der Waals surface area contributed by atoms with E-state index in [4.69, 9.17) is 0 Å². The van der Waals surface area contributed by atoms with Gasteiger partial charge in [-0.2, -0.15) is 0 Å². The summed E-state index contributed by atoms with van der Waals surface area (Å²) in [5, 5.41) is 1.75. The third-order valence-electron chi connectivity index (χ3n) is 3.24. The van der Waals surface area contributed by atoms with Crippen molar-refractivity contribution < 1.29 is 14.4 Å². The third kappa shape index (κ3) is 2.17. The maximum Gasteiger partial charge on any atom is 0.289 e. The van der Waals surface area contributed by atoms with E-state index in [1.54, 1.807) is 4.90 Å². The highest BCUT2D eigenvalue weighted by atomic mass is 32.2. The van der Waals surface area contributed by atoms with E-state index in [9.17, 15) is 14.4 Å². The van der Waals surface area contributed by atoms with E-state index in [1.807, 2.05) is 18.4 Å². The Morgan fingerprint density at radius 3 is 2.63 bits per heavy atom. The molecule has 0 aromatic carbocycles. The fourth-order valence-electron chi connectivity index (χ4n) is 2.20. The molecule has 2 saturated heterocycles. The second-order valence-electron chi connectivity index (χ2n) is 4.67. The first-order valence-electron chi connectivity index (χ1n) is 5.89. The Kier molecular flexibility index (Phi) is 3.10. The molecular formula is C12H12N2O3S2. The highest BCUT2D eigenvalue weighted by molar-refractivity contribution is 8.14. The van der Waals surface area contributed by atoms with Crippen LogP contribution in [0.15, 0.2) is 11.4 Å². The molecule has 0 unspecified atom stereocenters. The van der Waals surface area contributed by atoms with Gasteiger partial charge in [0, 0.05) is 13.1 Å². The van der Waals surface area contributed by atoms with Crippen molar-refractivity contribution in [2.45, 2.75) is 13.0 Å². The van der Waals surface area contributed by atoms with Crippen LogP contribution in [0.3, 0.4) is 0 Å². The molecule has 3 rings (SSSR count). The van der Waals surface area contributed by atoms with Crippen LogP contribution in [0.4, 0.5) is 4.79 Å². The van der Waals surface area contributed by atoms with Crippen molar-refractivity contribution in [2.24, 2.45) is 0 Å². The maximum atomic E-state index is 12.1. The van der Waals surface area contributed by atoms with Crippen LogP contribution in [0.5, 0.6) is 0 Å². The second kappa shape index (κ2) is 4.64. The van der Waals surface area contributed by atoms with Crippen molar-refractivity contribution in [1.82, 2.24) is 9.80 Å². The smallest absolute Gasteiger partial charge is 0.289 e. The Bertz CT molecular complexity index is 547. The summed E-state index contributed by atoms with van der Waals surface area (Å²) in [6.07, 6.45) is 0. The molecular weight excluding hydrogens is 284 g/mol. The molecule has 0 bridgehead atoms. The molecule has 1 aromatic heterocycles. The minimum Gasteiger partial charge on any atom is -0.334 e. The molecule has 0 spiro atoms. The van der Waals surface area contributed by atoms with Gasteiger partial charge in [0.25, 0.3) is 11.1 Å². The van der Waals surface area contributed by atoms with Gasteiger partial charge >= 0.3 is 0 Å². The Morgan fingerprint density at radius 1 is 1.37 bits per heavy atom. The van der Waals surface area contributed by atoms with Gasteiger partial charge < -0.3 is 4.90 Å².